The third-order valence-corrected chi connectivity index (χ3v) is 8.87. The highest BCUT2D eigenvalue weighted by molar-refractivity contribution is 6.17. The van der Waals surface area contributed by atoms with Crippen molar-refractivity contribution in [3.63, 3.8) is 0 Å². The molecule has 0 saturated carbocycles. The summed E-state index contributed by atoms with van der Waals surface area (Å²) in [7, 11) is 0. The van der Waals surface area contributed by atoms with Crippen LogP contribution in [-0.4, -0.2) is 15.0 Å². The second-order valence-corrected chi connectivity index (χ2v) is 11.7. The zero-order valence-corrected chi connectivity index (χ0v) is 24.9. The summed E-state index contributed by atoms with van der Waals surface area (Å²) in [5, 5.41) is 9.73. The maximum absolute atomic E-state index is 5.06. The summed E-state index contributed by atoms with van der Waals surface area (Å²) in [5.41, 5.74) is 5.28. The van der Waals surface area contributed by atoms with Crippen LogP contribution in [0.1, 0.15) is 0 Å². The van der Waals surface area contributed by atoms with Crippen molar-refractivity contribution in [3.05, 3.63) is 164 Å². The van der Waals surface area contributed by atoms with Crippen molar-refractivity contribution in [3.8, 4) is 45.3 Å². The molecule has 8 aromatic carbocycles. The van der Waals surface area contributed by atoms with Crippen LogP contribution in [0.15, 0.2) is 164 Å². The Morgan fingerprint density at radius 2 is 0.674 bits per heavy atom. The maximum atomic E-state index is 5.06. The fourth-order valence-electron chi connectivity index (χ4n) is 6.51. The van der Waals surface area contributed by atoms with Crippen molar-refractivity contribution in [2.75, 3.05) is 0 Å². The molecule has 9 rings (SSSR count). The molecule has 9 aromatic rings. The van der Waals surface area contributed by atoms with Gasteiger partial charge in [-0.1, -0.05) is 146 Å². The van der Waals surface area contributed by atoms with Gasteiger partial charge in [0, 0.05) is 16.7 Å². The summed E-state index contributed by atoms with van der Waals surface area (Å²) in [6, 6.07) is 57.7. The van der Waals surface area contributed by atoms with Gasteiger partial charge in [-0.2, -0.15) is 0 Å². The lowest BCUT2D eigenvalue weighted by Gasteiger charge is -2.11. The summed E-state index contributed by atoms with van der Waals surface area (Å²) in [6.45, 7) is 0. The molecular weight excluding hydrogens is 558 g/mol. The van der Waals surface area contributed by atoms with E-state index in [-0.39, 0.29) is 0 Å². The van der Waals surface area contributed by atoms with Crippen molar-refractivity contribution >= 4 is 43.1 Å². The Kier molecular flexibility index (Phi) is 6.14. The van der Waals surface area contributed by atoms with E-state index < -0.39 is 0 Å². The minimum Gasteiger partial charge on any atom is -0.208 e. The van der Waals surface area contributed by atoms with E-state index in [4.69, 9.17) is 15.0 Å². The van der Waals surface area contributed by atoms with E-state index in [9.17, 15) is 0 Å². The molecule has 46 heavy (non-hydrogen) atoms. The Morgan fingerprint density at radius 3 is 1.37 bits per heavy atom. The molecule has 0 saturated heterocycles. The zero-order chi connectivity index (χ0) is 30.5. The Labute approximate surface area is 266 Å². The van der Waals surface area contributed by atoms with E-state index in [2.05, 4.69) is 127 Å². The van der Waals surface area contributed by atoms with Crippen LogP contribution in [0.2, 0.25) is 0 Å². The fraction of sp³-hybridized carbons (Fsp3) is 0. The van der Waals surface area contributed by atoms with Crippen LogP contribution in [0.25, 0.3) is 88.4 Å². The number of fused-ring (bicyclic) bond motifs is 6. The quantitative estimate of drug-likeness (QED) is 0.193. The van der Waals surface area contributed by atoms with E-state index in [0.29, 0.717) is 17.5 Å². The van der Waals surface area contributed by atoms with Gasteiger partial charge in [0.25, 0.3) is 0 Å². The highest BCUT2D eigenvalue weighted by Crippen LogP contribution is 2.34. The van der Waals surface area contributed by atoms with Gasteiger partial charge < -0.3 is 0 Å². The summed E-state index contributed by atoms with van der Waals surface area (Å²) < 4.78 is 0. The standard InChI is InChI=1S/C43H27N3/c1-3-9-28(10-4-1)31-15-16-33-26-35(18-17-32(33)25-31)42-44-41(30-12-5-2-6-13-30)45-43(46-42)36-21-22-38-34(27-36)20-24-39-37-14-8-7-11-29(37)19-23-40(38)39/h1-27H. The molecule has 1 aromatic heterocycles. The summed E-state index contributed by atoms with van der Waals surface area (Å²) in [5.74, 6) is 1.97. The van der Waals surface area contributed by atoms with E-state index in [1.165, 1.54) is 43.4 Å². The molecule has 214 valence electrons. The molecule has 0 fully saturated rings. The van der Waals surface area contributed by atoms with Crippen LogP contribution in [0, 0.1) is 0 Å². The van der Waals surface area contributed by atoms with Crippen molar-refractivity contribution < 1.29 is 0 Å². The highest BCUT2D eigenvalue weighted by atomic mass is 15.0. The lowest BCUT2D eigenvalue weighted by atomic mass is 9.96. The first-order chi connectivity index (χ1) is 22.8. The van der Waals surface area contributed by atoms with Crippen LogP contribution in [0.4, 0.5) is 0 Å². The van der Waals surface area contributed by atoms with Crippen LogP contribution < -0.4 is 0 Å². The first-order valence-electron chi connectivity index (χ1n) is 15.5. The van der Waals surface area contributed by atoms with Gasteiger partial charge in [-0.25, -0.2) is 15.0 Å². The second-order valence-electron chi connectivity index (χ2n) is 11.7. The Hall–Kier alpha value is -6.19. The monoisotopic (exact) mass is 585 g/mol. The van der Waals surface area contributed by atoms with E-state index >= 15 is 0 Å². The van der Waals surface area contributed by atoms with Gasteiger partial charge in [-0.05, 0) is 72.4 Å². The minimum atomic E-state index is 0.656. The summed E-state index contributed by atoms with van der Waals surface area (Å²) in [4.78, 5) is 15.0. The van der Waals surface area contributed by atoms with E-state index in [1.807, 2.05) is 36.4 Å². The molecule has 0 atom stereocenters. The van der Waals surface area contributed by atoms with Crippen LogP contribution in [0.3, 0.4) is 0 Å². The minimum absolute atomic E-state index is 0.656. The first kappa shape index (κ1) is 26.2. The molecule has 3 heteroatoms. The molecule has 1 heterocycles. The van der Waals surface area contributed by atoms with Crippen molar-refractivity contribution in [2.24, 2.45) is 0 Å². The molecule has 0 spiro atoms. The van der Waals surface area contributed by atoms with Crippen LogP contribution in [-0.2, 0) is 0 Å². The fourth-order valence-corrected chi connectivity index (χ4v) is 6.51. The summed E-state index contributed by atoms with van der Waals surface area (Å²) >= 11 is 0. The van der Waals surface area contributed by atoms with Gasteiger partial charge in [0.15, 0.2) is 17.5 Å². The molecule has 0 unspecified atom stereocenters. The van der Waals surface area contributed by atoms with Gasteiger partial charge in [-0.15, -0.1) is 0 Å². The maximum Gasteiger partial charge on any atom is 0.164 e. The molecule has 0 aliphatic heterocycles. The third-order valence-electron chi connectivity index (χ3n) is 8.87. The van der Waals surface area contributed by atoms with Gasteiger partial charge >= 0.3 is 0 Å². The number of benzene rings is 8. The Bertz CT molecular complexity index is 2570. The number of aromatic nitrogens is 3. The summed E-state index contributed by atoms with van der Waals surface area (Å²) in [6.07, 6.45) is 0. The average Bonchev–Trinajstić information content (AvgIpc) is 3.14. The lowest BCUT2D eigenvalue weighted by Crippen LogP contribution is -2.00. The van der Waals surface area contributed by atoms with E-state index in [0.717, 1.165) is 27.5 Å². The van der Waals surface area contributed by atoms with Crippen molar-refractivity contribution in [2.45, 2.75) is 0 Å². The van der Waals surface area contributed by atoms with Gasteiger partial charge in [0.2, 0.25) is 0 Å². The molecule has 0 amide bonds. The van der Waals surface area contributed by atoms with Gasteiger partial charge in [0.1, 0.15) is 0 Å². The average molecular weight is 586 g/mol. The second kappa shape index (κ2) is 10.8. The number of hydrogen-bond acceptors (Lipinski definition) is 3. The topological polar surface area (TPSA) is 38.7 Å². The molecule has 0 radical (unpaired) electrons. The normalized spacial score (nSPS) is 11.5. The zero-order valence-electron chi connectivity index (χ0n) is 24.9. The molecule has 0 bridgehead atoms. The number of rotatable bonds is 4. The molecular formula is C43H27N3. The van der Waals surface area contributed by atoms with Gasteiger partial charge in [-0.3, -0.25) is 0 Å². The van der Waals surface area contributed by atoms with Gasteiger partial charge in [0.05, 0.1) is 0 Å². The van der Waals surface area contributed by atoms with Crippen LogP contribution >= 0.6 is 0 Å². The number of nitrogens with zero attached hydrogens (tertiary/aromatic N) is 3. The predicted molar refractivity (Wildman–Crippen MR) is 192 cm³/mol. The predicted octanol–water partition coefficient (Wildman–Crippen LogP) is 11.2. The largest absolute Gasteiger partial charge is 0.208 e. The van der Waals surface area contributed by atoms with Crippen molar-refractivity contribution in [1.82, 2.24) is 15.0 Å². The molecule has 0 N–H and O–H groups in total. The highest BCUT2D eigenvalue weighted by Gasteiger charge is 2.14. The van der Waals surface area contributed by atoms with E-state index in [1.54, 1.807) is 0 Å². The molecule has 3 nitrogen and oxygen atoms in total. The lowest BCUT2D eigenvalue weighted by molar-refractivity contribution is 1.08. The van der Waals surface area contributed by atoms with Crippen molar-refractivity contribution in [1.29, 1.82) is 0 Å². The Balaban J connectivity index is 1.17. The molecule has 0 aliphatic carbocycles. The van der Waals surface area contributed by atoms with Crippen LogP contribution in [0.5, 0.6) is 0 Å². The number of hydrogen-bond donors (Lipinski definition) is 0. The smallest absolute Gasteiger partial charge is 0.164 e. The third kappa shape index (κ3) is 4.58. The SMILES string of the molecule is c1ccc(-c2ccc3cc(-c4nc(-c5ccccc5)nc(-c5ccc6c(ccc7c8ccccc8ccc67)c5)n4)ccc3c2)cc1. The first-order valence-corrected chi connectivity index (χ1v) is 15.5. The molecule has 0 aliphatic rings. The Morgan fingerprint density at radius 1 is 0.239 bits per heavy atom.